The predicted octanol–water partition coefficient (Wildman–Crippen LogP) is 3.41. The normalized spacial score (nSPS) is 10.9. The van der Waals surface area contributed by atoms with Crippen molar-refractivity contribution in [3.8, 4) is 16.9 Å². The molecule has 0 amide bonds. The number of nitrogens with zero attached hydrogens (tertiary/aromatic N) is 3. The first-order valence-corrected chi connectivity index (χ1v) is 6.71. The second kappa shape index (κ2) is 5.22. The predicted molar refractivity (Wildman–Crippen MR) is 80.6 cm³/mol. The van der Waals surface area contributed by atoms with Crippen molar-refractivity contribution >= 4 is 5.82 Å². The van der Waals surface area contributed by atoms with Crippen LogP contribution >= 0.6 is 0 Å². The molecule has 0 spiro atoms. The summed E-state index contributed by atoms with van der Waals surface area (Å²) in [5, 5.41) is 7.89. The number of anilines is 1. The molecule has 0 atom stereocenters. The number of aryl methyl sites for hydroxylation is 2. The van der Waals surface area contributed by atoms with E-state index >= 15 is 0 Å². The van der Waals surface area contributed by atoms with Gasteiger partial charge in [0.15, 0.2) is 5.82 Å². The lowest BCUT2D eigenvalue weighted by Gasteiger charge is -2.08. The molecule has 0 radical (unpaired) electrons. The number of benzene rings is 2. The maximum atomic E-state index is 13.9. The van der Waals surface area contributed by atoms with Crippen molar-refractivity contribution < 1.29 is 8.78 Å². The Bertz CT molecular complexity index is 855. The number of hydrogen-bond donors (Lipinski definition) is 1. The Morgan fingerprint density at radius 1 is 1.05 bits per heavy atom. The first-order valence-electron chi connectivity index (χ1n) is 6.71. The monoisotopic (exact) mass is 300 g/mol. The minimum atomic E-state index is -0.597. The Balaban J connectivity index is 2.15. The Morgan fingerprint density at radius 3 is 2.55 bits per heavy atom. The SMILES string of the molecule is Cc1ccc(-n2nnc(-c3cc(F)ccc3F)c2N)c(C)c1. The molecule has 3 aromatic rings. The highest BCUT2D eigenvalue weighted by atomic mass is 19.1. The van der Waals surface area contributed by atoms with Gasteiger partial charge in [-0.2, -0.15) is 4.68 Å². The van der Waals surface area contributed by atoms with E-state index in [1.807, 2.05) is 32.0 Å². The van der Waals surface area contributed by atoms with Gasteiger partial charge in [-0.25, -0.2) is 8.78 Å². The lowest BCUT2D eigenvalue weighted by Crippen LogP contribution is -2.04. The van der Waals surface area contributed by atoms with Crippen LogP contribution in [0.4, 0.5) is 14.6 Å². The van der Waals surface area contributed by atoms with E-state index in [2.05, 4.69) is 10.3 Å². The van der Waals surface area contributed by atoms with Crippen LogP contribution in [0.15, 0.2) is 36.4 Å². The molecule has 2 aromatic carbocycles. The highest BCUT2D eigenvalue weighted by Crippen LogP contribution is 2.29. The zero-order valence-corrected chi connectivity index (χ0v) is 12.1. The van der Waals surface area contributed by atoms with E-state index < -0.39 is 11.6 Å². The van der Waals surface area contributed by atoms with Crippen molar-refractivity contribution in [2.75, 3.05) is 5.73 Å². The third-order valence-corrected chi connectivity index (χ3v) is 3.47. The van der Waals surface area contributed by atoms with Crippen molar-refractivity contribution in [1.29, 1.82) is 0 Å². The molecule has 0 aliphatic heterocycles. The van der Waals surface area contributed by atoms with Gasteiger partial charge in [0.05, 0.1) is 5.69 Å². The maximum Gasteiger partial charge on any atom is 0.156 e. The second-order valence-corrected chi connectivity index (χ2v) is 5.15. The first kappa shape index (κ1) is 14.2. The summed E-state index contributed by atoms with van der Waals surface area (Å²) in [5.74, 6) is -0.992. The molecule has 0 saturated heterocycles. The molecule has 22 heavy (non-hydrogen) atoms. The van der Waals surface area contributed by atoms with Crippen molar-refractivity contribution in [2.45, 2.75) is 13.8 Å². The number of hydrogen-bond acceptors (Lipinski definition) is 3. The van der Waals surface area contributed by atoms with Gasteiger partial charge >= 0.3 is 0 Å². The molecule has 0 aliphatic rings. The Hall–Kier alpha value is -2.76. The third-order valence-electron chi connectivity index (χ3n) is 3.47. The minimum Gasteiger partial charge on any atom is -0.382 e. The van der Waals surface area contributed by atoms with Gasteiger partial charge in [0.1, 0.15) is 17.3 Å². The summed E-state index contributed by atoms with van der Waals surface area (Å²) in [6.45, 7) is 3.90. The van der Waals surface area contributed by atoms with E-state index in [1.54, 1.807) is 0 Å². The van der Waals surface area contributed by atoms with Crippen LogP contribution in [-0.4, -0.2) is 15.0 Å². The van der Waals surface area contributed by atoms with Gasteiger partial charge in [0.2, 0.25) is 0 Å². The van der Waals surface area contributed by atoms with Crippen molar-refractivity contribution in [2.24, 2.45) is 0 Å². The molecule has 0 aliphatic carbocycles. The van der Waals surface area contributed by atoms with Gasteiger partial charge in [-0.1, -0.05) is 22.9 Å². The summed E-state index contributed by atoms with van der Waals surface area (Å²) in [6, 6.07) is 8.91. The fourth-order valence-electron chi connectivity index (χ4n) is 2.38. The molecule has 0 saturated carbocycles. The zero-order valence-electron chi connectivity index (χ0n) is 12.1. The molecule has 112 valence electrons. The number of nitrogens with two attached hydrogens (primary N) is 1. The van der Waals surface area contributed by atoms with Crippen molar-refractivity contribution in [3.05, 3.63) is 59.2 Å². The highest BCUT2D eigenvalue weighted by Gasteiger charge is 2.18. The van der Waals surface area contributed by atoms with Crippen LogP contribution in [0.1, 0.15) is 11.1 Å². The summed E-state index contributed by atoms with van der Waals surface area (Å²) >= 11 is 0. The Kier molecular flexibility index (Phi) is 3.36. The molecule has 0 bridgehead atoms. The van der Waals surface area contributed by atoms with Gasteiger partial charge in [-0.15, -0.1) is 5.10 Å². The largest absolute Gasteiger partial charge is 0.382 e. The second-order valence-electron chi connectivity index (χ2n) is 5.15. The Labute approximate surface area is 126 Å². The average Bonchev–Trinajstić information content (AvgIpc) is 2.83. The van der Waals surface area contributed by atoms with Crippen molar-refractivity contribution in [3.63, 3.8) is 0 Å². The summed E-state index contributed by atoms with van der Waals surface area (Å²) in [7, 11) is 0. The third kappa shape index (κ3) is 2.32. The average molecular weight is 300 g/mol. The number of rotatable bonds is 2. The van der Waals surface area contributed by atoms with Gasteiger partial charge in [-0.05, 0) is 43.7 Å². The van der Waals surface area contributed by atoms with Crippen LogP contribution < -0.4 is 5.73 Å². The summed E-state index contributed by atoms with van der Waals surface area (Å²) in [5.41, 5.74) is 8.98. The van der Waals surface area contributed by atoms with Gasteiger partial charge < -0.3 is 5.73 Å². The van der Waals surface area contributed by atoms with E-state index in [0.29, 0.717) is 0 Å². The molecule has 3 rings (SSSR count). The summed E-state index contributed by atoms with van der Waals surface area (Å²) < 4.78 is 28.6. The first-order chi connectivity index (χ1) is 10.5. The quantitative estimate of drug-likeness (QED) is 0.789. The lowest BCUT2D eigenvalue weighted by molar-refractivity contribution is 0.602. The molecule has 0 fully saturated rings. The fraction of sp³-hybridized carbons (Fsp3) is 0.125. The highest BCUT2D eigenvalue weighted by molar-refractivity contribution is 5.71. The minimum absolute atomic E-state index is 0.00600. The van der Waals surface area contributed by atoms with Crippen LogP contribution in [0, 0.1) is 25.5 Å². The molecule has 1 heterocycles. The topological polar surface area (TPSA) is 56.7 Å². The fourth-order valence-corrected chi connectivity index (χ4v) is 2.38. The number of nitrogen functional groups attached to an aromatic ring is 1. The summed E-state index contributed by atoms with van der Waals surface area (Å²) in [4.78, 5) is 0. The molecule has 0 unspecified atom stereocenters. The van der Waals surface area contributed by atoms with Gasteiger partial charge in [-0.3, -0.25) is 0 Å². The number of halogens is 2. The molecule has 1 aromatic heterocycles. The van der Waals surface area contributed by atoms with E-state index in [1.165, 1.54) is 4.68 Å². The van der Waals surface area contributed by atoms with Crippen LogP contribution in [0.2, 0.25) is 0 Å². The molecule has 6 heteroatoms. The van der Waals surface area contributed by atoms with E-state index in [9.17, 15) is 8.78 Å². The van der Waals surface area contributed by atoms with E-state index in [4.69, 9.17) is 5.73 Å². The summed E-state index contributed by atoms with van der Waals surface area (Å²) in [6.07, 6.45) is 0. The molecule has 4 nitrogen and oxygen atoms in total. The van der Waals surface area contributed by atoms with Crippen LogP contribution in [0.3, 0.4) is 0 Å². The van der Waals surface area contributed by atoms with Crippen LogP contribution in [0.25, 0.3) is 16.9 Å². The number of aromatic nitrogens is 3. The molecule has 2 N–H and O–H groups in total. The van der Waals surface area contributed by atoms with Gasteiger partial charge in [0, 0.05) is 5.56 Å². The maximum absolute atomic E-state index is 13.9. The van der Waals surface area contributed by atoms with Crippen LogP contribution in [0.5, 0.6) is 0 Å². The van der Waals surface area contributed by atoms with E-state index in [0.717, 1.165) is 35.0 Å². The van der Waals surface area contributed by atoms with Crippen molar-refractivity contribution in [1.82, 2.24) is 15.0 Å². The zero-order chi connectivity index (χ0) is 15.9. The molecular formula is C16H14F2N4. The standard InChI is InChI=1S/C16H14F2N4/c1-9-3-6-14(10(2)7-9)22-16(19)15(20-21-22)12-8-11(17)4-5-13(12)18/h3-8H,19H2,1-2H3. The van der Waals surface area contributed by atoms with Crippen LogP contribution in [-0.2, 0) is 0 Å². The van der Waals surface area contributed by atoms with Gasteiger partial charge in [0.25, 0.3) is 0 Å². The molecular weight excluding hydrogens is 286 g/mol. The lowest BCUT2D eigenvalue weighted by atomic mass is 10.1. The van der Waals surface area contributed by atoms with E-state index in [-0.39, 0.29) is 17.1 Å². The Morgan fingerprint density at radius 2 is 1.82 bits per heavy atom. The smallest absolute Gasteiger partial charge is 0.156 e.